The number of aryl methyl sites for hydroxylation is 1. The third kappa shape index (κ3) is 3.42. The van der Waals surface area contributed by atoms with E-state index in [4.69, 9.17) is 9.47 Å². The lowest BCUT2D eigenvalue weighted by atomic mass is 9.83. The molecule has 1 saturated heterocycles. The molecule has 1 aliphatic heterocycles. The first-order chi connectivity index (χ1) is 10.0. The minimum Gasteiger partial charge on any atom is -0.494 e. The smallest absolute Gasteiger partial charge is 0.122 e. The van der Waals surface area contributed by atoms with E-state index in [0.717, 1.165) is 25.2 Å². The molecule has 2 rings (SSSR count). The van der Waals surface area contributed by atoms with Crippen LogP contribution in [0.1, 0.15) is 68.2 Å². The normalized spacial score (nSPS) is 22.2. The van der Waals surface area contributed by atoms with Crippen LogP contribution in [0.3, 0.4) is 0 Å². The molecule has 2 nitrogen and oxygen atoms in total. The van der Waals surface area contributed by atoms with Crippen molar-refractivity contribution >= 4 is 0 Å². The van der Waals surface area contributed by atoms with Crippen LogP contribution in [0.2, 0.25) is 0 Å². The summed E-state index contributed by atoms with van der Waals surface area (Å²) in [6.45, 7) is 13.9. The monoisotopic (exact) mass is 290 g/mol. The second kappa shape index (κ2) is 6.83. The molecule has 1 aromatic carbocycles. The molecule has 0 saturated carbocycles. The first kappa shape index (κ1) is 16.4. The third-order valence-corrected chi connectivity index (χ3v) is 4.92. The maximum absolute atomic E-state index is 5.77. The minimum absolute atomic E-state index is 0.477. The standard InChI is InChI=1S/C19H30O2/c1-7-15(11-18-16(8-2)21-18)19-12(4)10-17(20-9-3)13(5)14(19)6/h10,15-16,18H,7-9,11H2,1-6H3. The molecule has 0 N–H and O–H groups in total. The molecule has 0 aliphatic carbocycles. The molecule has 1 aromatic rings. The van der Waals surface area contributed by atoms with E-state index in [1.54, 1.807) is 0 Å². The Morgan fingerprint density at radius 1 is 1.10 bits per heavy atom. The van der Waals surface area contributed by atoms with Gasteiger partial charge in [0, 0.05) is 0 Å². The maximum Gasteiger partial charge on any atom is 0.122 e. The Morgan fingerprint density at radius 3 is 2.33 bits per heavy atom. The molecular weight excluding hydrogens is 260 g/mol. The van der Waals surface area contributed by atoms with Crippen molar-refractivity contribution < 1.29 is 9.47 Å². The fourth-order valence-corrected chi connectivity index (χ4v) is 3.51. The molecule has 0 amide bonds. The Hall–Kier alpha value is -1.02. The van der Waals surface area contributed by atoms with Crippen molar-refractivity contribution in [3.63, 3.8) is 0 Å². The van der Waals surface area contributed by atoms with Gasteiger partial charge in [0.05, 0.1) is 18.8 Å². The van der Waals surface area contributed by atoms with E-state index in [1.807, 2.05) is 6.92 Å². The molecule has 21 heavy (non-hydrogen) atoms. The summed E-state index contributed by atoms with van der Waals surface area (Å²) in [6.07, 6.45) is 4.45. The topological polar surface area (TPSA) is 21.8 Å². The van der Waals surface area contributed by atoms with Gasteiger partial charge in [0.1, 0.15) is 5.75 Å². The first-order valence-corrected chi connectivity index (χ1v) is 8.42. The van der Waals surface area contributed by atoms with Crippen LogP contribution in [-0.4, -0.2) is 18.8 Å². The highest BCUT2D eigenvalue weighted by Gasteiger charge is 2.38. The fraction of sp³-hybridized carbons (Fsp3) is 0.684. The van der Waals surface area contributed by atoms with Crippen molar-refractivity contribution in [2.24, 2.45) is 0 Å². The van der Waals surface area contributed by atoms with Crippen molar-refractivity contribution in [1.29, 1.82) is 0 Å². The van der Waals surface area contributed by atoms with Gasteiger partial charge in [0.2, 0.25) is 0 Å². The lowest BCUT2D eigenvalue weighted by molar-refractivity contribution is 0.336. The maximum atomic E-state index is 5.77. The number of rotatable bonds is 7. The molecule has 2 heteroatoms. The summed E-state index contributed by atoms with van der Waals surface area (Å²) in [4.78, 5) is 0. The lowest BCUT2D eigenvalue weighted by Crippen LogP contribution is -2.09. The zero-order valence-electron chi connectivity index (χ0n) is 14.5. The molecule has 3 atom stereocenters. The van der Waals surface area contributed by atoms with Gasteiger partial charge in [-0.05, 0) is 81.2 Å². The number of epoxide rings is 1. The molecule has 0 radical (unpaired) electrons. The van der Waals surface area contributed by atoms with Crippen LogP contribution < -0.4 is 4.74 Å². The van der Waals surface area contributed by atoms with Crippen LogP contribution in [-0.2, 0) is 4.74 Å². The molecule has 3 unspecified atom stereocenters. The van der Waals surface area contributed by atoms with Crippen LogP contribution in [0.15, 0.2) is 6.07 Å². The van der Waals surface area contributed by atoms with Crippen molar-refractivity contribution in [3.8, 4) is 5.75 Å². The van der Waals surface area contributed by atoms with E-state index in [0.29, 0.717) is 18.1 Å². The molecule has 0 spiro atoms. The summed E-state index contributed by atoms with van der Waals surface area (Å²) in [6, 6.07) is 2.22. The number of hydrogen-bond donors (Lipinski definition) is 0. The molecule has 1 fully saturated rings. The van der Waals surface area contributed by atoms with E-state index < -0.39 is 0 Å². The van der Waals surface area contributed by atoms with E-state index >= 15 is 0 Å². The first-order valence-electron chi connectivity index (χ1n) is 8.42. The van der Waals surface area contributed by atoms with Crippen molar-refractivity contribution in [2.45, 2.75) is 78.9 Å². The van der Waals surface area contributed by atoms with Gasteiger partial charge in [-0.1, -0.05) is 13.8 Å². The largest absolute Gasteiger partial charge is 0.494 e. The molecule has 0 bridgehead atoms. The summed E-state index contributed by atoms with van der Waals surface area (Å²) in [7, 11) is 0. The summed E-state index contributed by atoms with van der Waals surface area (Å²) < 4.78 is 11.5. The van der Waals surface area contributed by atoms with Crippen LogP contribution in [0, 0.1) is 20.8 Å². The van der Waals surface area contributed by atoms with Crippen molar-refractivity contribution in [3.05, 3.63) is 28.3 Å². The molecule has 1 heterocycles. The minimum atomic E-state index is 0.477. The van der Waals surface area contributed by atoms with Crippen LogP contribution in [0.5, 0.6) is 5.75 Å². The SMILES string of the molecule is CCOc1cc(C)c(C(CC)CC2OC2CC)c(C)c1C. The average Bonchev–Trinajstić information content (AvgIpc) is 3.22. The van der Waals surface area contributed by atoms with Gasteiger partial charge in [-0.2, -0.15) is 0 Å². The summed E-state index contributed by atoms with van der Waals surface area (Å²) in [5.74, 6) is 1.64. The van der Waals surface area contributed by atoms with Gasteiger partial charge in [-0.15, -0.1) is 0 Å². The van der Waals surface area contributed by atoms with Crippen molar-refractivity contribution in [1.82, 2.24) is 0 Å². The van der Waals surface area contributed by atoms with E-state index in [2.05, 4.69) is 40.7 Å². The van der Waals surface area contributed by atoms with Crippen LogP contribution >= 0.6 is 0 Å². The van der Waals surface area contributed by atoms with Gasteiger partial charge in [-0.25, -0.2) is 0 Å². The number of benzene rings is 1. The molecule has 1 aliphatic rings. The average molecular weight is 290 g/mol. The molecule has 0 aromatic heterocycles. The highest BCUT2D eigenvalue weighted by atomic mass is 16.6. The van der Waals surface area contributed by atoms with Gasteiger partial charge < -0.3 is 9.47 Å². The predicted octanol–water partition coefficient (Wildman–Crippen LogP) is 5.07. The van der Waals surface area contributed by atoms with Gasteiger partial charge in [-0.3, -0.25) is 0 Å². The Balaban J connectivity index is 2.26. The quantitative estimate of drug-likeness (QED) is 0.654. The Bertz CT molecular complexity index is 493. The van der Waals surface area contributed by atoms with E-state index in [9.17, 15) is 0 Å². The number of hydrogen-bond acceptors (Lipinski definition) is 2. The van der Waals surface area contributed by atoms with E-state index in [-0.39, 0.29) is 0 Å². The van der Waals surface area contributed by atoms with Gasteiger partial charge in [0.15, 0.2) is 0 Å². The van der Waals surface area contributed by atoms with Crippen LogP contribution in [0.4, 0.5) is 0 Å². The Kier molecular flexibility index (Phi) is 5.32. The Morgan fingerprint density at radius 2 is 1.81 bits per heavy atom. The van der Waals surface area contributed by atoms with E-state index in [1.165, 1.54) is 28.7 Å². The lowest BCUT2D eigenvalue weighted by Gasteiger charge is -2.23. The third-order valence-electron chi connectivity index (χ3n) is 4.92. The predicted molar refractivity (Wildman–Crippen MR) is 88.4 cm³/mol. The fourth-order valence-electron chi connectivity index (χ4n) is 3.51. The zero-order valence-corrected chi connectivity index (χ0v) is 14.5. The van der Waals surface area contributed by atoms with Gasteiger partial charge >= 0.3 is 0 Å². The molecule has 118 valence electrons. The summed E-state index contributed by atoms with van der Waals surface area (Å²) >= 11 is 0. The Labute approximate surface area is 129 Å². The second-order valence-electron chi connectivity index (χ2n) is 6.25. The highest BCUT2D eigenvalue weighted by molar-refractivity contribution is 5.49. The highest BCUT2D eigenvalue weighted by Crippen LogP contribution is 2.40. The second-order valence-corrected chi connectivity index (χ2v) is 6.25. The van der Waals surface area contributed by atoms with Crippen molar-refractivity contribution in [2.75, 3.05) is 6.61 Å². The molecular formula is C19H30O2. The zero-order chi connectivity index (χ0) is 15.6. The van der Waals surface area contributed by atoms with Crippen LogP contribution in [0.25, 0.3) is 0 Å². The summed E-state index contributed by atoms with van der Waals surface area (Å²) in [5, 5.41) is 0. The number of ether oxygens (including phenoxy) is 2. The summed E-state index contributed by atoms with van der Waals surface area (Å²) in [5.41, 5.74) is 5.57. The van der Waals surface area contributed by atoms with Gasteiger partial charge in [0.25, 0.3) is 0 Å².